The molecule has 2 amide bonds. The molecule has 1 saturated heterocycles. The highest BCUT2D eigenvalue weighted by molar-refractivity contribution is 7.99. The molecule has 2 aromatic heterocycles. The average Bonchev–Trinajstić information content (AvgIpc) is 3.29. The first-order valence-electron chi connectivity index (χ1n) is 10.1. The van der Waals surface area contributed by atoms with Gasteiger partial charge in [0, 0.05) is 61.1 Å². The van der Waals surface area contributed by atoms with Gasteiger partial charge >= 0.3 is 0 Å². The number of aromatic nitrogens is 3. The topological polar surface area (TPSA) is 101 Å². The van der Waals surface area contributed by atoms with Crippen LogP contribution in [0.15, 0.2) is 53.3 Å². The summed E-state index contributed by atoms with van der Waals surface area (Å²) in [6.07, 6.45) is 4.29. The lowest BCUT2D eigenvalue weighted by molar-refractivity contribution is -0.130. The number of nitrogens with one attached hydrogen (secondary N) is 1. The number of rotatable bonds is 7. The van der Waals surface area contributed by atoms with E-state index < -0.39 is 0 Å². The zero-order chi connectivity index (χ0) is 21.5. The van der Waals surface area contributed by atoms with Crippen LogP contribution >= 0.6 is 11.8 Å². The van der Waals surface area contributed by atoms with E-state index >= 15 is 0 Å². The Hall–Kier alpha value is -3.20. The van der Waals surface area contributed by atoms with Gasteiger partial charge in [-0.15, -0.1) is 0 Å². The average molecular weight is 438 g/mol. The number of anilines is 1. The Kier molecular flexibility index (Phi) is 6.93. The van der Waals surface area contributed by atoms with E-state index in [4.69, 9.17) is 4.52 Å². The molecule has 0 radical (unpaired) electrons. The molecule has 160 valence electrons. The van der Waals surface area contributed by atoms with Crippen molar-refractivity contribution in [2.75, 3.05) is 29.9 Å². The molecule has 1 aromatic carbocycles. The maximum Gasteiger partial charge on any atom is 0.227 e. The fourth-order valence-electron chi connectivity index (χ4n) is 3.22. The number of amides is 2. The Morgan fingerprint density at radius 2 is 1.94 bits per heavy atom. The van der Waals surface area contributed by atoms with Gasteiger partial charge in [-0.1, -0.05) is 17.3 Å². The Bertz CT molecular complexity index is 1020. The number of aryl methyl sites for hydroxylation is 1. The highest BCUT2D eigenvalue weighted by Gasteiger charge is 2.17. The highest BCUT2D eigenvalue weighted by atomic mass is 32.2. The van der Waals surface area contributed by atoms with Gasteiger partial charge in [-0.25, -0.2) is 0 Å². The summed E-state index contributed by atoms with van der Waals surface area (Å²) in [4.78, 5) is 34.9. The van der Waals surface area contributed by atoms with Gasteiger partial charge in [-0.2, -0.15) is 16.7 Å². The van der Waals surface area contributed by atoms with Gasteiger partial charge in [0.25, 0.3) is 0 Å². The molecule has 1 aliphatic rings. The van der Waals surface area contributed by atoms with Gasteiger partial charge in [0.1, 0.15) is 0 Å². The molecule has 0 atom stereocenters. The smallest absolute Gasteiger partial charge is 0.227 e. The second-order valence-corrected chi connectivity index (χ2v) is 8.39. The Morgan fingerprint density at radius 1 is 1.13 bits per heavy atom. The standard InChI is InChI=1S/C22H23N5O3S/c28-19(7-8-20-25-22(26-30-20)17-2-1-9-23-15-17)24-18-5-3-16(4-6-18)14-21(29)27-10-12-31-13-11-27/h1-6,9,15H,7-8,10-14H2,(H,24,28). The second-order valence-electron chi connectivity index (χ2n) is 7.17. The number of pyridine rings is 1. The summed E-state index contributed by atoms with van der Waals surface area (Å²) < 4.78 is 5.22. The fourth-order valence-corrected chi connectivity index (χ4v) is 4.12. The summed E-state index contributed by atoms with van der Waals surface area (Å²) in [5.74, 6) is 2.88. The van der Waals surface area contributed by atoms with Crippen LogP contribution in [0.2, 0.25) is 0 Å². The van der Waals surface area contributed by atoms with Crippen molar-refractivity contribution in [3.05, 3.63) is 60.2 Å². The first kappa shape index (κ1) is 21.0. The molecule has 1 aliphatic heterocycles. The zero-order valence-corrected chi connectivity index (χ0v) is 17.8. The highest BCUT2D eigenvalue weighted by Crippen LogP contribution is 2.16. The molecule has 1 fully saturated rings. The summed E-state index contributed by atoms with van der Waals surface area (Å²) in [5, 5.41) is 6.78. The second kappa shape index (κ2) is 10.2. The van der Waals surface area contributed by atoms with Crippen molar-refractivity contribution in [3.63, 3.8) is 0 Å². The summed E-state index contributed by atoms with van der Waals surface area (Å²) in [5.41, 5.74) is 2.40. The molecule has 0 bridgehead atoms. The molecule has 0 unspecified atom stereocenters. The molecular formula is C22H23N5O3S. The third-order valence-electron chi connectivity index (χ3n) is 4.91. The van der Waals surface area contributed by atoms with Crippen LogP contribution in [0.5, 0.6) is 0 Å². The van der Waals surface area contributed by atoms with Crippen molar-refractivity contribution in [1.29, 1.82) is 0 Å². The summed E-state index contributed by atoms with van der Waals surface area (Å²) in [7, 11) is 0. The van der Waals surface area contributed by atoms with Crippen LogP contribution in [-0.4, -0.2) is 56.4 Å². The zero-order valence-electron chi connectivity index (χ0n) is 17.0. The number of nitrogens with zero attached hydrogens (tertiary/aromatic N) is 4. The number of thioether (sulfide) groups is 1. The van der Waals surface area contributed by atoms with Gasteiger partial charge in [-0.05, 0) is 29.8 Å². The lowest BCUT2D eigenvalue weighted by Gasteiger charge is -2.26. The molecule has 3 heterocycles. The minimum Gasteiger partial charge on any atom is -0.341 e. The molecule has 8 nitrogen and oxygen atoms in total. The van der Waals surface area contributed by atoms with E-state index in [0.29, 0.717) is 30.2 Å². The van der Waals surface area contributed by atoms with Crippen LogP contribution in [0.25, 0.3) is 11.4 Å². The monoisotopic (exact) mass is 437 g/mol. The molecule has 0 aliphatic carbocycles. The van der Waals surface area contributed by atoms with Gasteiger partial charge < -0.3 is 14.7 Å². The van der Waals surface area contributed by atoms with E-state index in [1.807, 2.05) is 47.0 Å². The molecular weight excluding hydrogens is 414 g/mol. The lowest BCUT2D eigenvalue weighted by atomic mass is 10.1. The van der Waals surface area contributed by atoms with E-state index in [9.17, 15) is 9.59 Å². The summed E-state index contributed by atoms with van der Waals surface area (Å²) in [6.45, 7) is 1.64. The maximum atomic E-state index is 12.4. The molecule has 3 aromatic rings. The molecule has 0 saturated carbocycles. The minimum atomic E-state index is -0.143. The van der Waals surface area contributed by atoms with Crippen molar-refractivity contribution in [2.24, 2.45) is 0 Å². The Labute approximate surface area is 184 Å². The number of carbonyl (C=O) groups is 2. The van der Waals surface area contributed by atoms with Crippen molar-refractivity contribution >= 4 is 29.3 Å². The quantitative estimate of drug-likeness (QED) is 0.606. The van der Waals surface area contributed by atoms with Crippen molar-refractivity contribution < 1.29 is 14.1 Å². The minimum absolute atomic E-state index is 0.143. The van der Waals surface area contributed by atoms with E-state index in [2.05, 4.69) is 20.4 Å². The third kappa shape index (κ3) is 5.91. The first-order valence-corrected chi connectivity index (χ1v) is 11.3. The molecule has 1 N–H and O–H groups in total. The number of benzene rings is 1. The molecule has 9 heteroatoms. The number of hydrogen-bond acceptors (Lipinski definition) is 7. The van der Waals surface area contributed by atoms with Crippen molar-refractivity contribution in [2.45, 2.75) is 19.3 Å². The van der Waals surface area contributed by atoms with Crippen LogP contribution < -0.4 is 5.32 Å². The molecule has 0 spiro atoms. The predicted octanol–water partition coefficient (Wildman–Crippen LogP) is 2.82. The van der Waals surface area contributed by atoms with Crippen LogP contribution in [-0.2, 0) is 22.4 Å². The maximum absolute atomic E-state index is 12.4. The largest absolute Gasteiger partial charge is 0.341 e. The fraction of sp³-hybridized carbons (Fsp3) is 0.318. The van der Waals surface area contributed by atoms with Crippen LogP contribution in [0.1, 0.15) is 17.9 Å². The SMILES string of the molecule is O=C(CCc1nc(-c2cccnc2)no1)Nc1ccc(CC(=O)N2CCSCC2)cc1. The van der Waals surface area contributed by atoms with Crippen molar-refractivity contribution in [1.82, 2.24) is 20.0 Å². The number of carbonyl (C=O) groups excluding carboxylic acids is 2. The predicted molar refractivity (Wildman–Crippen MR) is 119 cm³/mol. The molecule has 31 heavy (non-hydrogen) atoms. The first-order chi connectivity index (χ1) is 15.2. The summed E-state index contributed by atoms with van der Waals surface area (Å²) in [6, 6.07) is 11.0. The third-order valence-corrected chi connectivity index (χ3v) is 5.85. The van der Waals surface area contributed by atoms with E-state index in [1.165, 1.54) is 0 Å². The van der Waals surface area contributed by atoms with Gasteiger partial charge in [0.15, 0.2) is 0 Å². The van der Waals surface area contributed by atoms with Crippen LogP contribution in [0.4, 0.5) is 5.69 Å². The summed E-state index contributed by atoms with van der Waals surface area (Å²) >= 11 is 1.88. The van der Waals surface area contributed by atoms with Gasteiger partial charge in [-0.3, -0.25) is 14.6 Å². The van der Waals surface area contributed by atoms with E-state index in [0.717, 1.165) is 35.7 Å². The molecule has 4 rings (SSSR count). The Balaban J connectivity index is 1.24. The van der Waals surface area contributed by atoms with Crippen LogP contribution in [0, 0.1) is 0 Å². The Morgan fingerprint density at radius 3 is 2.68 bits per heavy atom. The van der Waals surface area contributed by atoms with Crippen molar-refractivity contribution in [3.8, 4) is 11.4 Å². The van der Waals surface area contributed by atoms with E-state index in [1.54, 1.807) is 18.5 Å². The lowest BCUT2D eigenvalue weighted by Crippen LogP contribution is -2.38. The van der Waals surface area contributed by atoms with E-state index in [-0.39, 0.29) is 18.2 Å². The van der Waals surface area contributed by atoms with Crippen LogP contribution in [0.3, 0.4) is 0 Å². The number of hydrogen-bond donors (Lipinski definition) is 1. The van der Waals surface area contributed by atoms with Gasteiger partial charge in [0.2, 0.25) is 23.5 Å². The van der Waals surface area contributed by atoms with Gasteiger partial charge in [0.05, 0.1) is 6.42 Å². The normalized spacial score (nSPS) is 13.7.